The van der Waals surface area contributed by atoms with E-state index in [1.165, 1.54) is 0 Å². The fraction of sp³-hybridized carbons (Fsp3) is 0.150. The zero-order valence-corrected chi connectivity index (χ0v) is 15.1. The van der Waals surface area contributed by atoms with Gasteiger partial charge >= 0.3 is 0 Å². The number of hydrogen-bond donors (Lipinski definition) is 0. The Bertz CT molecular complexity index is 1020. The molecule has 0 radical (unpaired) electrons. The molecule has 2 heterocycles. The Balaban J connectivity index is 1.84. The summed E-state index contributed by atoms with van der Waals surface area (Å²) in [7, 11) is 1.61. The molecule has 1 aliphatic rings. The second kappa shape index (κ2) is 6.42. The molecule has 1 aromatic heterocycles. The van der Waals surface area contributed by atoms with Crippen molar-refractivity contribution in [3.63, 3.8) is 0 Å². The van der Waals surface area contributed by atoms with Gasteiger partial charge < -0.3 is 4.74 Å². The third-order valence-electron chi connectivity index (χ3n) is 4.37. The van der Waals surface area contributed by atoms with Crippen molar-refractivity contribution in [2.75, 3.05) is 7.11 Å². The molecule has 0 N–H and O–H groups in total. The van der Waals surface area contributed by atoms with Crippen LogP contribution in [0.5, 0.6) is 5.75 Å². The number of benzene rings is 2. The molecule has 5 nitrogen and oxygen atoms in total. The standard InChI is InChI=1S/C20H16ClN3O2/c1-12-18(13-3-7-15(21)8-4-13)20-22-19(17(25)11-24(20)23-12)14-5-9-16(26-2)10-6-14/h3-10H,11H2,1-2H3. The van der Waals surface area contributed by atoms with Gasteiger partial charge in [0.25, 0.3) is 0 Å². The lowest BCUT2D eigenvalue weighted by molar-refractivity contribution is -0.113. The Morgan fingerprint density at radius 1 is 1.04 bits per heavy atom. The number of carbonyl (C=O) groups is 1. The first-order chi connectivity index (χ1) is 12.6. The minimum atomic E-state index is -0.0622. The molecule has 0 fully saturated rings. The van der Waals surface area contributed by atoms with Gasteiger partial charge in [0.15, 0.2) is 5.82 Å². The normalized spacial score (nSPS) is 13.3. The van der Waals surface area contributed by atoms with Gasteiger partial charge in [0.05, 0.1) is 12.8 Å². The van der Waals surface area contributed by atoms with E-state index in [-0.39, 0.29) is 12.3 Å². The van der Waals surface area contributed by atoms with Gasteiger partial charge in [-0.25, -0.2) is 9.67 Å². The summed E-state index contributed by atoms with van der Waals surface area (Å²) in [5.41, 5.74) is 3.92. The van der Waals surface area contributed by atoms with E-state index < -0.39 is 0 Å². The molecule has 130 valence electrons. The average Bonchev–Trinajstić information content (AvgIpc) is 2.96. The van der Waals surface area contributed by atoms with E-state index in [1.807, 2.05) is 55.5 Å². The summed E-state index contributed by atoms with van der Waals surface area (Å²) in [4.78, 5) is 17.2. The molecule has 1 aliphatic heterocycles. The second-order valence-electron chi connectivity index (χ2n) is 6.06. The highest BCUT2D eigenvalue weighted by Gasteiger charge is 2.26. The molecule has 26 heavy (non-hydrogen) atoms. The summed E-state index contributed by atoms with van der Waals surface area (Å²) < 4.78 is 6.84. The maximum Gasteiger partial charge on any atom is 0.203 e. The minimum absolute atomic E-state index is 0.0622. The number of halogens is 1. The van der Waals surface area contributed by atoms with Crippen LogP contribution in [0, 0.1) is 6.92 Å². The lowest BCUT2D eigenvalue weighted by Gasteiger charge is -2.14. The van der Waals surface area contributed by atoms with E-state index in [4.69, 9.17) is 16.3 Å². The highest BCUT2D eigenvalue weighted by atomic mass is 35.5. The van der Waals surface area contributed by atoms with E-state index in [9.17, 15) is 4.79 Å². The van der Waals surface area contributed by atoms with Crippen LogP contribution in [0.25, 0.3) is 11.1 Å². The van der Waals surface area contributed by atoms with Crippen molar-refractivity contribution in [2.45, 2.75) is 13.5 Å². The third-order valence-corrected chi connectivity index (χ3v) is 4.62. The highest BCUT2D eigenvalue weighted by Crippen LogP contribution is 2.36. The number of aromatic nitrogens is 2. The fourth-order valence-corrected chi connectivity index (χ4v) is 3.23. The van der Waals surface area contributed by atoms with E-state index in [0.29, 0.717) is 16.6 Å². The number of ketones is 1. The summed E-state index contributed by atoms with van der Waals surface area (Å²) in [5, 5.41) is 5.16. The van der Waals surface area contributed by atoms with Crippen LogP contribution in [-0.4, -0.2) is 28.4 Å². The fourth-order valence-electron chi connectivity index (χ4n) is 3.10. The molecule has 2 aromatic carbocycles. The van der Waals surface area contributed by atoms with Gasteiger partial charge in [-0.15, -0.1) is 0 Å². The first kappa shape index (κ1) is 16.5. The number of aliphatic imine (C=N–C) groups is 1. The molecule has 3 aromatic rings. The van der Waals surface area contributed by atoms with Crippen LogP contribution in [0.4, 0.5) is 5.82 Å². The summed E-state index contributed by atoms with van der Waals surface area (Å²) >= 11 is 6.00. The van der Waals surface area contributed by atoms with Crippen molar-refractivity contribution in [2.24, 2.45) is 4.99 Å². The van der Waals surface area contributed by atoms with Crippen molar-refractivity contribution in [1.29, 1.82) is 0 Å². The van der Waals surface area contributed by atoms with Crippen LogP contribution < -0.4 is 4.74 Å². The van der Waals surface area contributed by atoms with Crippen molar-refractivity contribution < 1.29 is 9.53 Å². The Morgan fingerprint density at radius 2 is 1.69 bits per heavy atom. The molecule has 0 unspecified atom stereocenters. The van der Waals surface area contributed by atoms with Crippen molar-refractivity contribution >= 4 is 28.9 Å². The van der Waals surface area contributed by atoms with Crippen LogP contribution in [-0.2, 0) is 11.3 Å². The maximum absolute atomic E-state index is 12.6. The maximum atomic E-state index is 12.6. The third kappa shape index (κ3) is 2.80. The van der Waals surface area contributed by atoms with E-state index in [2.05, 4.69) is 10.1 Å². The first-order valence-electron chi connectivity index (χ1n) is 8.16. The van der Waals surface area contributed by atoms with E-state index in [1.54, 1.807) is 11.8 Å². The van der Waals surface area contributed by atoms with Gasteiger partial charge in [0.2, 0.25) is 5.78 Å². The lowest BCUT2D eigenvalue weighted by atomic mass is 10.0. The SMILES string of the molecule is COc1ccc(C2=Nc3c(-c4ccc(Cl)cc4)c(C)nn3CC2=O)cc1. The van der Waals surface area contributed by atoms with Crippen LogP contribution in [0.1, 0.15) is 11.3 Å². The van der Waals surface area contributed by atoms with Gasteiger partial charge in [0, 0.05) is 16.1 Å². The number of fused-ring (bicyclic) bond motifs is 1. The predicted molar refractivity (Wildman–Crippen MR) is 102 cm³/mol. The Labute approximate surface area is 155 Å². The largest absolute Gasteiger partial charge is 0.497 e. The lowest BCUT2D eigenvalue weighted by Crippen LogP contribution is -2.25. The smallest absolute Gasteiger partial charge is 0.203 e. The van der Waals surface area contributed by atoms with Gasteiger partial charge in [-0.1, -0.05) is 23.7 Å². The molecule has 0 bridgehead atoms. The first-order valence-corrected chi connectivity index (χ1v) is 8.54. The van der Waals surface area contributed by atoms with Gasteiger partial charge in [-0.3, -0.25) is 4.79 Å². The Hall–Kier alpha value is -2.92. The summed E-state index contributed by atoms with van der Waals surface area (Å²) in [6.45, 7) is 2.09. The quantitative estimate of drug-likeness (QED) is 0.698. The number of carbonyl (C=O) groups excluding carboxylic acids is 1. The summed E-state index contributed by atoms with van der Waals surface area (Å²) in [6.07, 6.45) is 0. The average molecular weight is 366 g/mol. The van der Waals surface area contributed by atoms with Crippen molar-refractivity contribution in [3.05, 3.63) is 64.8 Å². The molecular formula is C20H16ClN3O2. The van der Waals surface area contributed by atoms with Crippen LogP contribution in [0.2, 0.25) is 5.02 Å². The molecule has 6 heteroatoms. The Morgan fingerprint density at radius 3 is 2.35 bits per heavy atom. The number of nitrogens with zero attached hydrogens (tertiary/aromatic N) is 3. The summed E-state index contributed by atoms with van der Waals surface area (Å²) in [5.74, 6) is 1.36. The highest BCUT2D eigenvalue weighted by molar-refractivity contribution is 6.47. The van der Waals surface area contributed by atoms with Gasteiger partial charge in [-0.05, 0) is 48.9 Å². The predicted octanol–water partition coefficient (Wildman–Crippen LogP) is 4.22. The van der Waals surface area contributed by atoms with Crippen molar-refractivity contribution in [1.82, 2.24) is 9.78 Å². The second-order valence-corrected chi connectivity index (χ2v) is 6.50. The number of ether oxygens (including phenoxy) is 1. The molecule has 0 atom stereocenters. The summed E-state index contributed by atoms with van der Waals surface area (Å²) in [6, 6.07) is 14.9. The molecule has 4 rings (SSSR count). The van der Waals surface area contributed by atoms with Crippen LogP contribution in [0.15, 0.2) is 53.5 Å². The van der Waals surface area contributed by atoms with E-state index >= 15 is 0 Å². The number of methoxy groups -OCH3 is 1. The van der Waals surface area contributed by atoms with Crippen LogP contribution >= 0.6 is 11.6 Å². The zero-order chi connectivity index (χ0) is 18.3. The molecule has 0 aliphatic carbocycles. The van der Waals surface area contributed by atoms with Crippen molar-refractivity contribution in [3.8, 4) is 16.9 Å². The monoisotopic (exact) mass is 365 g/mol. The number of Topliss-reactive ketones (excluding diaryl/α,β-unsaturated/α-hetero) is 1. The number of rotatable bonds is 3. The minimum Gasteiger partial charge on any atom is -0.497 e. The zero-order valence-electron chi connectivity index (χ0n) is 14.4. The van der Waals surface area contributed by atoms with Gasteiger partial charge in [0.1, 0.15) is 18.0 Å². The molecule has 0 amide bonds. The van der Waals surface area contributed by atoms with E-state index in [0.717, 1.165) is 28.1 Å². The number of aryl methyl sites for hydroxylation is 1. The Kier molecular flexibility index (Phi) is 4.09. The van der Waals surface area contributed by atoms with Crippen LogP contribution in [0.3, 0.4) is 0 Å². The topological polar surface area (TPSA) is 56.5 Å². The molecule has 0 saturated heterocycles. The van der Waals surface area contributed by atoms with Gasteiger partial charge in [-0.2, -0.15) is 5.10 Å². The molecule has 0 saturated carbocycles. The number of hydrogen-bond acceptors (Lipinski definition) is 4. The molecular weight excluding hydrogens is 350 g/mol. The molecule has 0 spiro atoms.